The van der Waals surface area contributed by atoms with E-state index < -0.39 is 0 Å². The highest BCUT2D eigenvalue weighted by Crippen LogP contribution is 2.25. The fourth-order valence-corrected chi connectivity index (χ4v) is 2.87. The summed E-state index contributed by atoms with van der Waals surface area (Å²) in [4.78, 5) is 14.4. The molecule has 20 heavy (non-hydrogen) atoms. The number of halogens is 1. The maximum Gasteiger partial charge on any atom is 0.176 e. The van der Waals surface area contributed by atoms with Crippen LogP contribution in [-0.2, 0) is 0 Å². The lowest BCUT2D eigenvalue weighted by Gasteiger charge is -2.15. The van der Waals surface area contributed by atoms with Crippen LogP contribution in [-0.4, -0.2) is 49.1 Å². The van der Waals surface area contributed by atoms with E-state index in [0.29, 0.717) is 28.8 Å². The van der Waals surface area contributed by atoms with Crippen molar-refractivity contribution in [2.24, 2.45) is 5.92 Å². The van der Waals surface area contributed by atoms with E-state index in [2.05, 4.69) is 4.90 Å². The molecule has 1 heterocycles. The summed E-state index contributed by atoms with van der Waals surface area (Å²) >= 11 is 6.04. The Morgan fingerprint density at radius 1 is 1.55 bits per heavy atom. The summed E-state index contributed by atoms with van der Waals surface area (Å²) in [7, 11) is 1.55. The molecule has 0 bridgehead atoms. The number of aliphatic hydroxyl groups excluding tert-OH is 1. The van der Waals surface area contributed by atoms with Crippen molar-refractivity contribution in [1.82, 2.24) is 4.90 Å². The summed E-state index contributed by atoms with van der Waals surface area (Å²) in [6.07, 6.45) is 1.87. The summed E-state index contributed by atoms with van der Waals surface area (Å²) in [5.41, 5.74) is 0.612. The number of rotatable bonds is 6. The lowest BCUT2D eigenvalue weighted by molar-refractivity contribution is 0.0942. The molecule has 0 radical (unpaired) electrons. The molecule has 0 aromatic heterocycles. The first kappa shape index (κ1) is 15.3. The van der Waals surface area contributed by atoms with E-state index >= 15 is 0 Å². The van der Waals surface area contributed by atoms with Crippen molar-refractivity contribution in [3.8, 4) is 5.75 Å². The van der Waals surface area contributed by atoms with Gasteiger partial charge < -0.3 is 9.84 Å². The summed E-state index contributed by atoms with van der Waals surface area (Å²) in [6, 6.07) is 5.12. The van der Waals surface area contributed by atoms with Gasteiger partial charge >= 0.3 is 0 Å². The van der Waals surface area contributed by atoms with Crippen LogP contribution < -0.4 is 4.74 Å². The highest BCUT2D eigenvalue weighted by atomic mass is 35.5. The predicted octanol–water partition coefficient (Wildman–Crippen LogP) is 2.24. The Morgan fingerprint density at radius 3 is 3.00 bits per heavy atom. The molecule has 4 nitrogen and oxygen atoms in total. The minimum atomic E-state index is 0.0687. The zero-order valence-electron chi connectivity index (χ0n) is 11.6. The molecule has 110 valence electrons. The number of ether oxygens (including phenoxy) is 1. The molecule has 1 aliphatic heterocycles. The van der Waals surface area contributed by atoms with Crippen LogP contribution in [0.25, 0.3) is 0 Å². The largest absolute Gasteiger partial charge is 0.495 e. The number of benzene rings is 1. The topological polar surface area (TPSA) is 49.8 Å². The second kappa shape index (κ2) is 7.07. The van der Waals surface area contributed by atoms with E-state index in [9.17, 15) is 4.79 Å². The molecule has 0 spiro atoms. The number of nitrogens with zero attached hydrogens (tertiary/aromatic N) is 1. The van der Waals surface area contributed by atoms with E-state index in [1.807, 2.05) is 0 Å². The monoisotopic (exact) mass is 297 g/mol. The molecular formula is C15H20ClNO3. The van der Waals surface area contributed by atoms with Crippen LogP contribution in [0.2, 0.25) is 5.02 Å². The fourth-order valence-electron chi connectivity index (χ4n) is 2.61. The Balaban J connectivity index is 1.94. The van der Waals surface area contributed by atoms with Crippen molar-refractivity contribution in [3.63, 3.8) is 0 Å². The van der Waals surface area contributed by atoms with Gasteiger partial charge in [-0.1, -0.05) is 11.6 Å². The summed E-state index contributed by atoms with van der Waals surface area (Å²) in [5.74, 6) is 1.15. The quantitative estimate of drug-likeness (QED) is 0.818. The third kappa shape index (κ3) is 3.72. The second-order valence-electron chi connectivity index (χ2n) is 5.17. The second-order valence-corrected chi connectivity index (χ2v) is 5.58. The first-order valence-electron chi connectivity index (χ1n) is 6.84. The van der Waals surface area contributed by atoms with Gasteiger partial charge in [0.2, 0.25) is 0 Å². The molecule has 1 atom stereocenters. The van der Waals surface area contributed by atoms with Gasteiger partial charge in [0.1, 0.15) is 5.75 Å². The number of ketones is 1. The lowest BCUT2D eigenvalue weighted by Crippen LogP contribution is -2.28. The minimum absolute atomic E-state index is 0.0687. The van der Waals surface area contributed by atoms with Crippen molar-refractivity contribution >= 4 is 17.4 Å². The van der Waals surface area contributed by atoms with Gasteiger partial charge in [-0.15, -0.1) is 0 Å². The van der Waals surface area contributed by atoms with Crippen LogP contribution in [0.5, 0.6) is 5.75 Å². The number of carbonyl (C=O) groups is 1. The van der Waals surface area contributed by atoms with E-state index in [0.717, 1.165) is 25.9 Å². The molecule has 0 aliphatic carbocycles. The molecular weight excluding hydrogens is 278 g/mol. The van der Waals surface area contributed by atoms with Gasteiger partial charge in [-0.3, -0.25) is 9.69 Å². The highest BCUT2D eigenvalue weighted by molar-refractivity contribution is 6.32. The van der Waals surface area contributed by atoms with Gasteiger partial charge in [-0.25, -0.2) is 0 Å². The van der Waals surface area contributed by atoms with Crippen LogP contribution in [0.4, 0.5) is 0 Å². The maximum absolute atomic E-state index is 12.2. The molecule has 0 saturated carbocycles. The average molecular weight is 298 g/mol. The van der Waals surface area contributed by atoms with Gasteiger partial charge in [0.25, 0.3) is 0 Å². The number of aliphatic hydroxyl groups is 1. The van der Waals surface area contributed by atoms with Crippen LogP contribution in [0, 0.1) is 5.92 Å². The van der Waals surface area contributed by atoms with E-state index in [-0.39, 0.29) is 12.4 Å². The van der Waals surface area contributed by atoms with E-state index in [1.54, 1.807) is 25.3 Å². The lowest BCUT2D eigenvalue weighted by atomic mass is 10.1. The number of Topliss-reactive ketones (excluding diaryl/α,β-unsaturated/α-hetero) is 1. The summed E-state index contributed by atoms with van der Waals surface area (Å²) < 4.78 is 5.08. The van der Waals surface area contributed by atoms with Crippen LogP contribution in [0.1, 0.15) is 23.2 Å². The number of hydrogen-bond donors (Lipinski definition) is 1. The molecule has 1 saturated heterocycles. The SMILES string of the molecule is COc1ccc(C(=O)CN2CCC(CCO)C2)cc1Cl. The minimum Gasteiger partial charge on any atom is -0.495 e. The zero-order chi connectivity index (χ0) is 14.5. The van der Waals surface area contributed by atoms with Gasteiger partial charge in [0.15, 0.2) is 5.78 Å². The molecule has 1 aromatic rings. The van der Waals surface area contributed by atoms with Crippen molar-refractivity contribution in [3.05, 3.63) is 28.8 Å². The fraction of sp³-hybridized carbons (Fsp3) is 0.533. The Labute approximate surface area is 124 Å². The highest BCUT2D eigenvalue weighted by Gasteiger charge is 2.24. The summed E-state index contributed by atoms with van der Waals surface area (Å²) in [6.45, 7) is 2.43. The van der Waals surface area contributed by atoms with Crippen molar-refractivity contribution in [2.75, 3.05) is 33.4 Å². The van der Waals surface area contributed by atoms with Gasteiger partial charge in [-0.05, 0) is 43.5 Å². The molecule has 0 amide bonds. The molecule has 1 aromatic carbocycles. The zero-order valence-corrected chi connectivity index (χ0v) is 12.4. The Bertz CT molecular complexity index is 478. The van der Waals surface area contributed by atoms with Crippen molar-refractivity contribution in [2.45, 2.75) is 12.8 Å². The Morgan fingerprint density at radius 2 is 2.35 bits per heavy atom. The van der Waals surface area contributed by atoms with Crippen LogP contribution in [0.3, 0.4) is 0 Å². The van der Waals surface area contributed by atoms with Crippen LogP contribution >= 0.6 is 11.6 Å². The molecule has 1 fully saturated rings. The van der Waals surface area contributed by atoms with Crippen molar-refractivity contribution < 1.29 is 14.6 Å². The molecule has 1 aliphatic rings. The van der Waals surface area contributed by atoms with Gasteiger partial charge in [-0.2, -0.15) is 0 Å². The Kier molecular flexibility index (Phi) is 5.40. The standard InChI is InChI=1S/C15H20ClNO3/c1-20-15-3-2-12(8-13(15)16)14(19)10-17-6-4-11(9-17)5-7-18/h2-3,8,11,18H,4-7,9-10H2,1H3. The molecule has 2 rings (SSSR count). The number of carbonyl (C=O) groups excluding carboxylic acids is 1. The number of hydrogen-bond acceptors (Lipinski definition) is 4. The van der Waals surface area contributed by atoms with Crippen LogP contribution in [0.15, 0.2) is 18.2 Å². The third-order valence-electron chi connectivity index (χ3n) is 3.75. The smallest absolute Gasteiger partial charge is 0.176 e. The molecule has 1 unspecified atom stereocenters. The average Bonchev–Trinajstić information content (AvgIpc) is 2.86. The predicted molar refractivity (Wildman–Crippen MR) is 78.6 cm³/mol. The van der Waals surface area contributed by atoms with Gasteiger partial charge in [0.05, 0.1) is 18.7 Å². The van der Waals surface area contributed by atoms with Crippen molar-refractivity contribution in [1.29, 1.82) is 0 Å². The molecule has 5 heteroatoms. The number of likely N-dealkylation sites (tertiary alicyclic amines) is 1. The summed E-state index contributed by atoms with van der Waals surface area (Å²) in [5, 5.41) is 9.40. The molecule has 1 N–H and O–H groups in total. The van der Waals surface area contributed by atoms with E-state index in [4.69, 9.17) is 21.4 Å². The third-order valence-corrected chi connectivity index (χ3v) is 4.04. The number of methoxy groups -OCH3 is 1. The normalized spacial score (nSPS) is 19.2. The van der Waals surface area contributed by atoms with E-state index in [1.165, 1.54) is 0 Å². The Hall–Kier alpha value is -1.10. The van der Waals surface area contributed by atoms with Gasteiger partial charge in [0, 0.05) is 18.7 Å². The first-order chi connectivity index (χ1) is 9.63. The maximum atomic E-state index is 12.2. The first-order valence-corrected chi connectivity index (χ1v) is 7.21.